The number of aromatic nitrogens is 2. The molecule has 1 saturated heterocycles. The van der Waals surface area contributed by atoms with E-state index in [0.717, 1.165) is 17.1 Å². The van der Waals surface area contributed by atoms with Gasteiger partial charge in [0.2, 0.25) is 11.0 Å². The molecule has 2 heterocycles. The number of aryl methyl sites for hydroxylation is 1. The van der Waals surface area contributed by atoms with Gasteiger partial charge < -0.3 is 10.2 Å². The van der Waals surface area contributed by atoms with Crippen molar-refractivity contribution in [2.75, 3.05) is 18.4 Å². The first-order chi connectivity index (χ1) is 10.9. The molecule has 1 fully saturated rings. The summed E-state index contributed by atoms with van der Waals surface area (Å²) in [6.07, 6.45) is 0. The van der Waals surface area contributed by atoms with Gasteiger partial charge in [-0.15, -0.1) is 10.2 Å². The van der Waals surface area contributed by atoms with Crippen molar-refractivity contribution in [2.45, 2.75) is 6.92 Å². The molecule has 0 radical (unpaired) electrons. The van der Waals surface area contributed by atoms with Crippen LogP contribution in [0.1, 0.15) is 15.4 Å². The molecule has 6 nitrogen and oxygen atoms in total. The van der Waals surface area contributed by atoms with E-state index in [2.05, 4.69) is 15.5 Å². The van der Waals surface area contributed by atoms with Crippen LogP contribution < -0.4 is 5.32 Å². The van der Waals surface area contributed by atoms with E-state index in [1.165, 1.54) is 22.3 Å². The number of nitrogens with zero attached hydrogens (tertiary/aromatic N) is 3. The van der Waals surface area contributed by atoms with Crippen LogP contribution in [-0.2, 0) is 4.79 Å². The Balaban J connectivity index is 1.56. The number of amides is 2. The SMILES string of the molecule is Cc1nnc(NC(=O)C2CN(C(=O)c3ccc(F)c(F)c3)C2)s1. The molecule has 9 heteroatoms. The average molecular weight is 338 g/mol. The summed E-state index contributed by atoms with van der Waals surface area (Å²) in [6.45, 7) is 2.22. The minimum absolute atomic E-state index is 0.0579. The molecule has 0 spiro atoms. The van der Waals surface area contributed by atoms with E-state index in [9.17, 15) is 18.4 Å². The summed E-state index contributed by atoms with van der Waals surface area (Å²) in [6, 6.07) is 2.98. The smallest absolute Gasteiger partial charge is 0.254 e. The van der Waals surface area contributed by atoms with Gasteiger partial charge in [0.15, 0.2) is 11.6 Å². The average Bonchev–Trinajstić information content (AvgIpc) is 2.85. The van der Waals surface area contributed by atoms with Crippen LogP contribution in [0.5, 0.6) is 0 Å². The van der Waals surface area contributed by atoms with Crippen LogP contribution in [0.25, 0.3) is 0 Å². The molecule has 1 aliphatic heterocycles. The minimum atomic E-state index is -1.07. The number of nitrogens with one attached hydrogen (secondary N) is 1. The lowest BCUT2D eigenvalue weighted by Gasteiger charge is -2.38. The normalized spacial score (nSPS) is 14.5. The van der Waals surface area contributed by atoms with Crippen LogP contribution in [0.2, 0.25) is 0 Å². The van der Waals surface area contributed by atoms with Gasteiger partial charge in [-0.05, 0) is 25.1 Å². The Morgan fingerprint density at radius 2 is 2.00 bits per heavy atom. The van der Waals surface area contributed by atoms with Crippen LogP contribution in [0.3, 0.4) is 0 Å². The summed E-state index contributed by atoms with van der Waals surface area (Å²) >= 11 is 1.26. The fourth-order valence-electron chi connectivity index (χ4n) is 2.18. The summed E-state index contributed by atoms with van der Waals surface area (Å²) in [5.41, 5.74) is 0.0579. The summed E-state index contributed by atoms with van der Waals surface area (Å²) in [5, 5.41) is 11.4. The third-order valence-electron chi connectivity index (χ3n) is 3.46. The van der Waals surface area contributed by atoms with E-state index < -0.39 is 17.5 Å². The maximum Gasteiger partial charge on any atom is 0.254 e. The summed E-state index contributed by atoms with van der Waals surface area (Å²) < 4.78 is 26.0. The van der Waals surface area contributed by atoms with Gasteiger partial charge in [-0.3, -0.25) is 9.59 Å². The van der Waals surface area contributed by atoms with Crippen LogP contribution in [0.15, 0.2) is 18.2 Å². The molecule has 1 N–H and O–H groups in total. The van der Waals surface area contributed by atoms with E-state index in [1.54, 1.807) is 6.92 Å². The maximum absolute atomic E-state index is 13.2. The maximum atomic E-state index is 13.2. The van der Waals surface area contributed by atoms with E-state index in [4.69, 9.17) is 0 Å². The zero-order valence-electron chi connectivity index (χ0n) is 12.0. The Kier molecular flexibility index (Phi) is 4.03. The van der Waals surface area contributed by atoms with Crippen LogP contribution in [0.4, 0.5) is 13.9 Å². The minimum Gasteiger partial charge on any atom is -0.337 e. The zero-order chi connectivity index (χ0) is 16.6. The number of carbonyl (C=O) groups is 2. The predicted molar refractivity (Wildman–Crippen MR) is 79.0 cm³/mol. The number of anilines is 1. The van der Waals surface area contributed by atoms with E-state index in [1.807, 2.05) is 0 Å². The molecule has 120 valence electrons. The number of likely N-dealkylation sites (tertiary alicyclic amines) is 1. The Hall–Kier alpha value is -2.42. The molecule has 1 aromatic carbocycles. The van der Waals surface area contributed by atoms with Gasteiger partial charge in [-0.25, -0.2) is 8.78 Å². The molecule has 0 aliphatic carbocycles. The lowest BCUT2D eigenvalue weighted by molar-refractivity contribution is -0.123. The van der Waals surface area contributed by atoms with Gasteiger partial charge in [0, 0.05) is 18.7 Å². The highest BCUT2D eigenvalue weighted by Crippen LogP contribution is 2.22. The lowest BCUT2D eigenvalue weighted by Crippen LogP contribution is -2.54. The highest BCUT2D eigenvalue weighted by molar-refractivity contribution is 7.15. The second-order valence-electron chi connectivity index (χ2n) is 5.15. The van der Waals surface area contributed by atoms with Crippen molar-refractivity contribution < 1.29 is 18.4 Å². The number of halogens is 2. The Morgan fingerprint density at radius 3 is 2.61 bits per heavy atom. The van der Waals surface area contributed by atoms with Gasteiger partial charge in [0.1, 0.15) is 5.01 Å². The van der Waals surface area contributed by atoms with Gasteiger partial charge in [0.05, 0.1) is 5.92 Å². The van der Waals surface area contributed by atoms with E-state index >= 15 is 0 Å². The molecular formula is C14H12F2N4O2S. The first kappa shape index (κ1) is 15.5. The van der Waals surface area contributed by atoms with Gasteiger partial charge in [-0.2, -0.15) is 0 Å². The molecule has 1 aliphatic rings. The standard InChI is InChI=1S/C14H12F2N4O2S/c1-7-18-19-14(23-7)17-12(21)9-5-20(6-9)13(22)8-2-3-10(15)11(16)4-8/h2-4,9H,5-6H2,1H3,(H,17,19,21). The summed E-state index contributed by atoms with van der Waals surface area (Å²) in [5.74, 6) is -3.10. The van der Waals surface area contributed by atoms with Crippen molar-refractivity contribution in [1.82, 2.24) is 15.1 Å². The zero-order valence-corrected chi connectivity index (χ0v) is 12.9. The first-order valence-electron chi connectivity index (χ1n) is 6.79. The van der Waals surface area contributed by atoms with E-state index in [-0.39, 0.29) is 30.5 Å². The third kappa shape index (κ3) is 3.19. The monoisotopic (exact) mass is 338 g/mol. The largest absolute Gasteiger partial charge is 0.337 e. The molecule has 3 rings (SSSR count). The van der Waals surface area contributed by atoms with Gasteiger partial charge in [-0.1, -0.05) is 11.3 Å². The van der Waals surface area contributed by atoms with Crippen LogP contribution in [0, 0.1) is 24.5 Å². The molecule has 2 aromatic rings. The second-order valence-corrected chi connectivity index (χ2v) is 6.33. The molecule has 1 aromatic heterocycles. The van der Waals surface area contributed by atoms with Crippen LogP contribution >= 0.6 is 11.3 Å². The lowest BCUT2D eigenvalue weighted by atomic mass is 9.98. The number of hydrogen-bond acceptors (Lipinski definition) is 5. The molecule has 0 saturated carbocycles. The fraction of sp³-hybridized carbons (Fsp3) is 0.286. The first-order valence-corrected chi connectivity index (χ1v) is 7.61. The molecule has 23 heavy (non-hydrogen) atoms. The predicted octanol–water partition coefficient (Wildman–Crippen LogP) is 1.84. The molecule has 0 atom stereocenters. The second kappa shape index (κ2) is 5.99. The van der Waals surface area contributed by atoms with Crippen molar-refractivity contribution in [2.24, 2.45) is 5.92 Å². The van der Waals surface area contributed by atoms with Crippen molar-refractivity contribution in [3.8, 4) is 0 Å². The van der Waals surface area contributed by atoms with Crippen molar-refractivity contribution in [1.29, 1.82) is 0 Å². The highest BCUT2D eigenvalue weighted by Gasteiger charge is 2.36. The third-order valence-corrected chi connectivity index (χ3v) is 4.22. The number of carbonyl (C=O) groups excluding carboxylic acids is 2. The van der Waals surface area contributed by atoms with Crippen molar-refractivity contribution in [3.05, 3.63) is 40.4 Å². The van der Waals surface area contributed by atoms with Gasteiger partial charge in [0.25, 0.3) is 5.91 Å². The Bertz CT molecular complexity index is 774. The summed E-state index contributed by atoms with van der Waals surface area (Å²) in [7, 11) is 0. The summed E-state index contributed by atoms with van der Waals surface area (Å²) in [4.78, 5) is 25.5. The topological polar surface area (TPSA) is 75.2 Å². The van der Waals surface area contributed by atoms with Crippen molar-refractivity contribution >= 4 is 28.3 Å². The molecule has 0 unspecified atom stereocenters. The Labute approximate surface area is 134 Å². The van der Waals surface area contributed by atoms with Crippen LogP contribution in [-0.4, -0.2) is 40.0 Å². The molecule has 2 amide bonds. The van der Waals surface area contributed by atoms with Crippen molar-refractivity contribution in [3.63, 3.8) is 0 Å². The number of benzene rings is 1. The number of rotatable bonds is 3. The fourth-order valence-corrected chi connectivity index (χ4v) is 2.77. The number of hydrogen-bond donors (Lipinski definition) is 1. The van der Waals surface area contributed by atoms with Gasteiger partial charge >= 0.3 is 0 Å². The highest BCUT2D eigenvalue weighted by atomic mass is 32.1. The Morgan fingerprint density at radius 1 is 1.26 bits per heavy atom. The quantitative estimate of drug-likeness (QED) is 0.926. The molecular weight excluding hydrogens is 326 g/mol. The van der Waals surface area contributed by atoms with E-state index in [0.29, 0.717) is 5.13 Å². The molecule has 0 bridgehead atoms.